The number of hydrogen-bond donors (Lipinski definition) is 1. The maximum atomic E-state index is 11.2. The van der Waals surface area contributed by atoms with Crippen LogP contribution in [-0.4, -0.2) is 23.1 Å². The lowest BCUT2D eigenvalue weighted by atomic mass is 10.1. The molecule has 0 aromatic rings. The van der Waals surface area contributed by atoms with Crippen LogP contribution in [0.2, 0.25) is 0 Å². The Balaban J connectivity index is 3.79. The summed E-state index contributed by atoms with van der Waals surface area (Å²) in [5, 5.41) is 8.57. The van der Waals surface area contributed by atoms with E-state index in [9.17, 15) is 9.59 Å². The van der Waals surface area contributed by atoms with Crippen molar-refractivity contribution in [2.24, 2.45) is 0 Å². The lowest BCUT2D eigenvalue weighted by Gasteiger charge is -2.13. The average molecular weight is 341 g/mol. The maximum absolute atomic E-state index is 11.2. The molecule has 0 saturated heterocycles. The van der Waals surface area contributed by atoms with Gasteiger partial charge in [-0.3, -0.25) is 9.59 Å². The zero-order valence-electron chi connectivity index (χ0n) is 15.6. The van der Waals surface area contributed by atoms with Gasteiger partial charge >= 0.3 is 11.9 Å². The van der Waals surface area contributed by atoms with Gasteiger partial charge in [-0.1, -0.05) is 57.9 Å². The molecule has 0 rings (SSSR count). The van der Waals surface area contributed by atoms with Gasteiger partial charge in [0.15, 0.2) is 0 Å². The van der Waals surface area contributed by atoms with Crippen LogP contribution in [0.15, 0.2) is 12.2 Å². The molecule has 0 saturated carbocycles. The van der Waals surface area contributed by atoms with Crippen LogP contribution in [0.1, 0.15) is 97.3 Å². The van der Waals surface area contributed by atoms with Gasteiger partial charge in [-0.25, -0.2) is 0 Å². The first-order chi connectivity index (χ1) is 11.6. The molecular weight excluding hydrogens is 304 g/mol. The normalized spacial score (nSPS) is 12.4. The second-order valence-corrected chi connectivity index (χ2v) is 6.48. The van der Waals surface area contributed by atoms with Crippen LogP contribution in [0.3, 0.4) is 0 Å². The van der Waals surface area contributed by atoms with E-state index in [2.05, 4.69) is 13.0 Å². The Kier molecular flexibility index (Phi) is 15.6. The molecule has 0 bridgehead atoms. The molecule has 0 aromatic heterocycles. The second-order valence-electron chi connectivity index (χ2n) is 6.48. The number of allylic oxidation sites excluding steroid dienone is 1. The first-order valence-corrected chi connectivity index (χ1v) is 9.62. The molecule has 4 nitrogen and oxygen atoms in total. The number of carbonyl (C=O) groups is 2. The SMILES string of the molecule is CCCCCCCC[C@H](/C=C\CCCCCCC(=O)O)OC(C)=O. The number of carbonyl (C=O) groups excluding carboxylic acids is 1. The molecule has 0 amide bonds. The van der Waals surface area contributed by atoms with Crippen LogP contribution in [-0.2, 0) is 14.3 Å². The summed E-state index contributed by atoms with van der Waals surface area (Å²) >= 11 is 0. The Morgan fingerprint density at radius 2 is 1.58 bits per heavy atom. The van der Waals surface area contributed by atoms with Crippen LogP contribution in [0, 0.1) is 0 Å². The molecule has 0 aliphatic carbocycles. The molecular formula is C20H36O4. The van der Waals surface area contributed by atoms with E-state index < -0.39 is 5.97 Å². The van der Waals surface area contributed by atoms with Crippen LogP contribution in [0.5, 0.6) is 0 Å². The molecule has 0 aliphatic rings. The summed E-state index contributed by atoms with van der Waals surface area (Å²) in [6, 6.07) is 0. The van der Waals surface area contributed by atoms with Gasteiger partial charge in [-0.2, -0.15) is 0 Å². The molecule has 0 fully saturated rings. The number of rotatable bonds is 16. The summed E-state index contributed by atoms with van der Waals surface area (Å²) in [4.78, 5) is 21.6. The number of hydrogen-bond acceptors (Lipinski definition) is 3. The van der Waals surface area contributed by atoms with Crippen LogP contribution in [0.25, 0.3) is 0 Å². The highest BCUT2D eigenvalue weighted by Crippen LogP contribution is 2.13. The van der Waals surface area contributed by atoms with Crippen molar-refractivity contribution in [3.05, 3.63) is 12.2 Å². The third kappa shape index (κ3) is 17.0. The number of carboxylic acids is 1. The van der Waals surface area contributed by atoms with E-state index >= 15 is 0 Å². The first kappa shape index (κ1) is 22.7. The average Bonchev–Trinajstić information content (AvgIpc) is 2.52. The minimum Gasteiger partial charge on any atom is -0.481 e. The number of unbranched alkanes of at least 4 members (excludes halogenated alkanes) is 9. The monoisotopic (exact) mass is 340 g/mol. The van der Waals surface area contributed by atoms with Crippen LogP contribution >= 0.6 is 0 Å². The van der Waals surface area contributed by atoms with Gasteiger partial charge < -0.3 is 9.84 Å². The van der Waals surface area contributed by atoms with E-state index in [0.29, 0.717) is 0 Å². The minimum atomic E-state index is -0.714. The van der Waals surface area contributed by atoms with Crippen molar-refractivity contribution in [1.29, 1.82) is 0 Å². The van der Waals surface area contributed by atoms with Crippen molar-refractivity contribution >= 4 is 11.9 Å². The second kappa shape index (κ2) is 16.5. The standard InChI is InChI=1S/C20H36O4/c1-3-4-5-6-9-12-15-19(24-18(2)21)16-13-10-7-8-11-14-17-20(22)23/h13,16,19H,3-12,14-15,17H2,1-2H3,(H,22,23)/b16-13-/t19-/m1/s1. The Morgan fingerprint density at radius 1 is 0.958 bits per heavy atom. The Hall–Kier alpha value is -1.32. The summed E-state index contributed by atoms with van der Waals surface area (Å²) in [6.45, 7) is 3.68. The fourth-order valence-electron chi connectivity index (χ4n) is 2.67. The third-order valence-electron chi connectivity index (χ3n) is 4.02. The lowest BCUT2D eigenvalue weighted by molar-refractivity contribution is -0.144. The zero-order valence-corrected chi connectivity index (χ0v) is 15.6. The third-order valence-corrected chi connectivity index (χ3v) is 4.02. The lowest BCUT2D eigenvalue weighted by Crippen LogP contribution is -2.13. The summed E-state index contributed by atoms with van der Waals surface area (Å²) < 4.78 is 5.36. The van der Waals surface area contributed by atoms with Crippen molar-refractivity contribution in [3.63, 3.8) is 0 Å². The Labute approximate surface area is 147 Å². The molecule has 24 heavy (non-hydrogen) atoms. The Bertz CT molecular complexity index is 350. The van der Waals surface area contributed by atoms with Crippen molar-refractivity contribution in [1.82, 2.24) is 0 Å². The predicted octanol–water partition coefficient (Wildman–Crippen LogP) is 5.65. The molecule has 0 heterocycles. The summed E-state index contributed by atoms with van der Waals surface area (Å²) in [5.74, 6) is -0.932. The molecule has 0 unspecified atom stereocenters. The highest BCUT2D eigenvalue weighted by molar-refractivity contribution is 5.66. The van der Waals surface area contributed by atoms with Gasteiger partial charge in [-0.15, -0.1) is 0 Å². The fraction of sp³-hybridized carbons (Fsp3) is 0.800. The van der Waals surface area contributed by atoms with E-state index in [4.69, 9.17) is 9.84 Å². The molecule has 0 aliphatic heterocycles. The fourth-order valence-corrected chi connectivity index (χ4v) is 2.67. The molecule has 0 aromatic carbocycles. The first-order valence-electron chi connectivity index (χ1n) is 9.62. The van der Waals surface area contributed by atoms with Crippen molar-refractivity contribution in [2.75, 3.05) is 0 Å². The summed E-state index contributed by atoms with van der Waals surface area (Å²) in [5.41, 5.74) is 0. The van der Waals surface area contributed by atoms with Crippen molar-refractivity contribution in [2.45, 2.75) is 103 Å². The highest BCUT2D eigenvalue weighted by atomic mass is 16.5. The maximum Gasteiger partial charge on any atom is 0.303 e. The molecule has 140 valence electrons. The van der Waals surface area contributed by atoms with Gasteiger partial charge in [0, 0.05) is 13.3 Å². The molecule has 4 heteroatoms. The molecule has 0 spiro atoms. The molecule has 1 atom stereocenters. The van der Waals surface area contributed by atoms with E-state index in [1.165, 1.54) is 39.0 Å². The predicted molar refractivity (Wildman–Crippen MR) is 98.0 cm³/mol. The van der Waals surface area contributed by atoms with Gasteiger partial charge in [0.25, 0.3) is 0 Å². The number of carboxylic acid groups (broad SMARTS) is 1. The molecule has 0 radical (unpaired) electrons. The highest BCUT2D eigenvalue weighted by Gasteiger charge is 2.07. The molecule has 1 N–H and O–H groups in total. The largest absolute Gasteiger partial charge is 0.481 e. The van der Waals surface area contributed by atoms with Crippen molar-refractivity contribution < 1.29 is 19.4 Å². The number of aliphatic carboxylic acids is 1. The van der Waals surface area contributed by atoms with Gasteiger partial charge in [0.2, 0.25) is 0 Å². The number of ether oxygens (including phenoxy) is 1. The van der Waals surface area contributed by atoms with Gasteiger partial charge in [0.1, 0.15) is 6.10 Å². The van der Waals surface area contributed by atoms with Gasteiger partial charge in [-0.05, 0) is 38.2 Å². The smallest absolute Gasteiger partial charge is 0.303 e. The van der Waals surface area contributed by atoms with Crippen LogP contribution < -0.4 is 0 Å². The minimum absolute atomic E-state index is 0.0966. The van der Waals surface area contributed by atoms with Gasteiger partial charge in [0.05, 0.1) is 0 Å². The quantitative estimate of drug-likeness (QED) is 0.224. The number of esters is 1. The zero-order chi connectivity index (χ0) is 18.0. The summed E-state index contributed by atoms with van der Waals surface area (Å²) in [7, 11) is 0. The van der Waals surface area contributed by atoms with Crippen LogP contribution in [0.4, 0.5) is 0 Å². The van der Waals surface area contributed by atoms with E-state index in [1.54, 1.807) is 0 Å². The topological polar surface area (TPSA) is 63.6 Å². The van der Waals surface area contributed by atoms with E-state index in [1.807, 2.05) is 6.08 Å². The summed E-state index contributed by atoms with van der Waals surface area (Å²) in [6.07, 6.45) is 17.4. The van der Waals surface area contributed by atoms with E-state index in [0.717, 1.165) is 44.9 Å². The Morgan fingerprint density at radius 3 is 2.25 bits per heavy atom. The van der Waals surface area contributed by atoms with E-state index in [-0.39, 0.29) is 18.5 Å². The van der Waals surface area contributed by atoms with Crippen molar-refractivity contribution in [3.8, 4) is 0 Å².